The molecular formula is C20H21N3O4S. The normalized spacial score (nSPS) is 17.5. The Kier molecular flexibility index (Phi) is 5.97. The van der Waals surface area contributed by atoms with Crippen LogP contribution in [0.15, 0.2) is 53.4 Å². The number of piperidine rings is 1. The van der Waals surface area contributed by atoms with Crippen molar-refractivity contribution in [1.29, 1.82) is 5.26 Å². The molecule has 28 heavy (non-hydrogen) atoms. The van der Waals surface area contributed by atoms with Gasteiger partial charge in [0.25, 0.3) is 0 Å². The van der Waals surface area contributed by atoms with E-state index in [0.29, 0.717) is 36.4 Å². The van der Waals surface area contributed by atoms with Crippen molar-refractivity contribution in [2.75, 3.05) is 25.5 Å². The number of ether oxygens (including phenoxy) is 1. The topological polar surface area (TPSA) is 99.5 Å². The zero-order chi connectivity index (χ0) is 20.1. The third-order valence-corrected chi connectivity index (χ3v) is 6.59. The van der Waals surface area contributed by atoms with E-state index < -0.39 is 15.9 Å². The van der Waals surface area contributed by atoms with E-state index in [1.165, 1.54) is 23.5 Å². The fourth-order valence-corrected chi connectivity index (χ4v) is 4.71. The van der Waals surface area contributed by atoms with Crippen molar-refractivity contribution in [3.8, 4) is 11.8 Å². The molecule has 2 aromatic rings. The van der Waals surface area contributed by atoms with Crippen LogP contribution in [0.3, 0.4) is 0 Å². The van der Waals surface area contributed by atoms with Gasteiger partial charge in [0.1, 0.15) is 5.75 Å². The van der Waals surface area contributed by atoms with Crippen LogP contribution in [0.4, 0.5) is 5.69 Å². The van der Waals surface area contributed by atoms with Crippen LogP contribution in [0, 0.1) is 17.2 Å². The lowest BCUT2D eigenvalue weighted by Gasteiger charge is -2.31. The van der Waals surface area contributed by atoms with E-state index in [1.54, 1.807) is 36.4 Å². The van der Waals surface area contributed by atoms with Crippen LogP contribution in [0.2, 0.25) is 0 Å². The summed E-state index contributed by atoms with van der Waals surface area (Å²) in [5, 5.41) is 11.8. The zero-order valence-corrected chi connectivity index (χ0v) is 16.3. The van der Waals surface area contributed by atoms with E-state index >= 15 is 0 Å². The van der Waals surface area contributed by atoms with Gasteiger partial charge in [-0.2, -0.15) is 9.57 Å². The number of hydrogen-bond acceptors (Lipinski definition) is 5. The SMILES string of the molecule is COc1ccc(S(=O)(=O)N2CCC[C@H](C(=O)Nc3cccc(C#N)c3)C2)cc1. The van der Waals surface area contributed by atoms with Gasteiger partial charge in [0.2, 0.25) is 15.9 Å². The van der Waals surface area contributed by atoms with Crippen molar-refractivity contribution in [3.63, 3.8) is 0 Å². The quantitative estimate of drug-likeness (QED) is 0.833. The number of nitrogens with zero attached hydrogens (tertiary/aromatic N) is 2. The summed E-state index contributed by atoms with van der Waals surface area (Å²) in [5.41, 5.74) is 0.976. The molecule has 1 amide bonds. The number of benzene rings is 2. The predicted octanol–water partition coefficient (Wildman–Crippen LogP) is 2.61. The van der Waals surface area contributed by atoms with Crippen molar-refractivity contribution in [3.05, 3.63) is 54.1 Å². The van der Waals surface area contributed by atoms with E-state index in [9.17, 15) is 13.2 Å². The third kappa shape index (κ3) is 4.32. The maximum absolute atomic E-state index is 12.9. The molecule has 1 saturated heterocycles. The van der Waals surface area contributed by atoms with Crippen LogP contribution in [0.1, 0.15) is 18.4 Å². The van der Waals surface area contributed by atoms with Crippen LogP contribution < -0.4 is 10.1 Å². The number of methoxy groups -OCH3 is 1. The maximum Gasteiger partial charge on any atom is 0.243 e. The molecule has 0 unspecified atom stereocenters. The molecule has 0 aliphatic carbocycles. The second-order valence-corrected chi connectivity index (χ2v) is 8.50. The molecule has 146 valence electrons. The summed E-state index contributed by atoms with van der Waals surface area (Å²) in [5.74, 6) is -0.119. The summed E-state index contributed by atoms with van der Waals surface area (Å²) < 4.78 is 32.3. The molecule has 1 heterocycles. The lowest BCUT2D eigenvalue weighted by atomic mass is 9.98. The predicted molar refractivity (Wildman–Crippen MR) is 104 cm³/mol. The second-order valence-electron chi connectivity index (χ2n) is 6.56. The summed E-state index contributed by atoms with van der Waals surface area (Å²) in [6.45, 7) is 0.500. The average molecular weight is 399 g/mol. The van der Waals surface area contributed by atoms with Gasteiger partial charge in [-0.15, -0.1) is 0 Å². The van der Waals surface area contributed by atoms with E-state index in [0.717, 1.165) is 0 Å². The number of anilines is 1. The Morgan fingerprint density at radius 2 is 2.00 bits per heavy atom. The lowest BCUT2D eigenvalue weighted by Crippen LogP contribution is -2.43. The standard InChI is InChI=1S/C20H21N3O4S/c1-27-18-7-9-19(10-8-18)28(25,26)23-11-3-5-16(14-23)20(24)22-17-6-2-4-15(12-17)13-21/h2,4,6-10,12,16H,3,5,11,14H2,1H3,(H,22,24)/t16-/m0/s1. The maximum atomic E-state index is 12.9. The Hall–Kier alpha value is -2.89. The Labute approximate surface area is 164 Å². The molecular weight excluding hydrogens is 378 g/mol. The van der Waals surface area contributed by atoms with Crippen molar-refractivity contribution < 1.29 is 17.9 Å². The number of amides is 1. The van der Waals surface area contributed by atoms with Gasteiger partial charge in [0, 0.05) is 18.8 Å². The van der Waals surface area contributed by atoms with Crippen LogP contribution in [-0.2, 0) is 14.8 Å². The minimum absolute atomic E-state index is 0.123. The fourth-order valence-electron chi connectivity index (χ4n) is 3.18. The highest BCUT2D eigenvalue weighted by Crippen LogP contribution is 2.26. The molecule has 0 aromatic heterocycles. The molecule has 0 saturated carbocycles. The van der Waals surface area contributed by atoms with E-state index in [-0.39, 0.29) is 17.3 Å². The number of nitriles is 1. The number of hydrogen-bond donors (Lipinski definition) is 1. The lowest BCUT2D eigenvalue weighted by molar-refractivity contribution is -0.120. The van der Waals surface area contributed by atoms with Gasteiger partial charge in [-0.3, -0.25) is 4.79 Å². The fraction of sp³-hybridized carbons (Fsp3) is 0.300. The van der Waals surface area contributed by atoms with Crippen LogP contribution in [0.25, 0.3) is 0 Å². The van der Waals surface area contributed by atoms with Crippen molar-refractivity contribution >= 4 is 21.6 Å². The van der Waals surface area contributed by atoms with Crippen LogP contribution in [-0.4, -0.2) is 38.8 Å². The molecule has 0 spiro atoms. The third-order valence-electron chi connectivity index (χ3n) is 4.71. The van der Waals surface area contributed by atoms with Crippen molar-refractivity contribution in [2.24, 2.45) is 5.92 Å². The van der Waals surface area contributed by atoms with E-state index in [2.05, 4.69) is 5.32 Å². The first-order chi connectivity index (χ1) is 13.4. The number of rotatable bonds is 5. The molecule has 7 nitrogen and oxygen atoms in total. The molecule has 8 heteroatoms. The van der Waals surface area contributed by atoms with Crippen molar-refractivity contribution in [1.82, 2.24) is 4.31 Å². The average Bonchev–Trinajstić information content (AvgIpc) is 2.74. The molecule has 1 aliphatic rings. The zero-order valence-electron chi connectivity index (χ0n) is 15.5. The van der Waals surface area contributed by atoms with Crippen LogP contribution >= 0.6 is 0 Å². The minimum atomic E-state index is -3.68. The molecule has 1 atom stereocenters. The Balaban J connectivity index is 1.71. The highest BCUT2D eigenvalue weighted by molar-refractivity contribution is 7.89. The van der Waals surface area contributed by atoms with E-state index in [1.807, 2.05) is 6.07 Å². The summed E-state index contributed by atoms with van der Waals surface area (Å²) in [6, 6.07) is 14.9. The number of carbonyl (C=O) groups is 1. The van der Waals surface area contributed by atoms with Gasteiger partial charge in [-0.1, -0.05) is 6.07 Å². The number of sulfonamides is 1. The van der Waals surface area contributed by atoms with Crippen LogP contribution in [0.5, 0.6) is 5.75 Å². The monoisotopic (exact) mass is 399 g/mol. The second kappa shape index (κ2) is 8.42. The molecule has 1 fully saturated rings. The first-order valence-electron chi connectivity index (χ1n) is 8.89. The summed E-state index contributed by atoms with van der Waals surface area (Å²) >= 11 is 0. The van der Waals surface area contributed by atoms with Gasteiger partial charge in [0.05, 0.1) is 29.6 Å². The largest absolute Gasteiger partial charge is 0.497 e. The van der Waals surface area contributed by atoms with Crippen molar-refractivity contribution in [2.45, 2.75) is 17.7 Å². The Morgan fingerprint density at radius 1 is 1.25 bits per heavy atom. The molecule has 2 aromatic carbocycles. The van der Waals surface area contributed by atoms with Gasteiger partial charge in [-0.25, -0.2) is 8.42 Å². The van der Waals surface area contributed by atoms with E-state index in [4.69, 9.17) is 10.00 Å². The van der Waals surface area contributed by atoms with Gasteiger partial charge >= 0.3 is 0 Å². The highest BCUT2D eigenvalue weighted by atomic mass is 32.2. The minimum Gasteiger partial charge on any atom is -0.497 e. The smallest absolute Gasteiger partial charge is 0.243 e. The molecule has 3 rings (SSSR count). The van der Waals surface area contributed by atoms with Gasteiger partial charge in [-0.05, 0) is 55.3 Å². The highest BCUT2D eigenvalue weighted by Gasteiger charge is 2.33. The first-order valence-corrected chi connectivity index (χ1v) is 10.3. The van der Waals surface area contributed by atoms with Gasteiger partial charge in [0.15, 0.2) is 0 Å². The first kappa shape index (κ1) is 19.9. The number of carbonyl (C=O) groups excluding carboxylic acids is 1. The number of nitrogens with one attached hydrogen (secondary N) is 1. The summed E-state index contributed by atoms with van der Waals surface area (Å²) in [6.07, 6.45) is 1.21. The molecule has 0 bridgehead atoms. The summed E-state index contributed by atoms with van der Waals surface area (Å²) in [7, 11) is -2.16. The van der Waals surface area contributed by atoms with Gasteiger partial charge < -0.3 is 10.1 Å². The molecule has 0 radical (unpaired) electrons. The Morgan fingerprint density at radius 3 is 2.68 bits per heavy atom. The Bertz CT molecular complexity index is 997. The summed E-state index contributed by atoms with van der Waals surface area (Å²) in [4.78, 5) is 12.8. The molecule has 1 N–H and O–H groups in total. The molecule has 1 aliphatic heterocycles.